The van der Waals surface area contributed by atoms with E-state index in [1.165, 1.54) is 88.2 Å². The van der Waals surface area contributed by atoms with Crippen molar-refractivity contribution in [1.82, 2.24) is 10.6 Å². The molecule has 9 nitrogen and oxygen atoms in total. The fraction of sp³-hybridized carbons (Fsp3) is 0.609. The number of nitrogens with one attached hydrogen (secondary N) is 2. The molecule has 2 rings (SSSR count). The van der Waals surface area contributed by atoms with Crippen LogP contribution < -0.4 is 10.6 Å². The Hall–Kier alpha value is -3.71. The van der Waals surface area contributed by atoms with Gasteiger partial charge >= 0.3 is 20.4 Å². The lowest BCUT2D eigenvalue weighted by atomic mass is 10.0. The normalized spacial score (nSPS) is 12.2. The number of carbonyl (C=O) groups is 2. The van der Waals surface area contributed by atoms with E-state index in [4.69, 9.17) is 18.5 Å². The molecule has 0 aliphatic heterocycles. The molecule has 10 heteroatoms. The van der Waals surface area contributed by atoms with E-state index in [9.17, 15) is 14.2 Å². The average Bonchev–Trinajstić information content (AvgIpc) is 3.18. The predicted octanol–water partition coefficient (Wildman–Crippen LogP) is 13.2. The summed E-state index contributed by atoms with van der Waals surface area (Å²) in [6.07, 6.45) is 25.0. The van der Waals surface area contributed by atoms with E-state index < -0.39 is 20.4 Å². The van der Waals surface area contributed by atoms with Crippen LogP contribution in [-0.4, -0.2) is 25.4 Å². The van der Waals surface area contributed by atoms with Gasteiger partial charge in [0.2, 0.25) is 11.8 Å². The number of unbranched alkanes of at least 4 members (excludes halogenated alkanes) is 12. The van der Waals surface area contributed by atoms with E-state index in [-0.39, 0.29) is 25.0 Å². The minimum absolute atomic E-state index is 0.0269. The van der Waals surface area contributed by atoms with Gasteiger partial charge in [-0.3, -0.25) is 10.6 Å². The molecule has 314 valence electrons. The molecule has 2 aromatic carbocycles. The number of benzene rings is 2. The van der Waals surface area contributed by atoms with Crippen molar-refractivity contribution in [2.24, 2.45) is 0 Å². The van der Waals surface area contributed by atoms with Crippen molar-refractivity contribution < 1.29 is 32.7 Å². The Morgan fingerprint density at radius 2 is 0.804 bits per heavy atom. The second-order valence-electron chi connectivity index (χ2n) is 14.6. The van der Waals surface area contributed by atoms with Gasteiger partial charge in [0.1, 0.15) is 0 Å². The standard InChI is InChI=1S/C46H73N2O7P/c1-5-9-13-15-17-19-23-39-29-33-41(34-30-39)25-21-27-43(47-45(49)52-37-11-7-3)54-56(51)55-44(48-46(50)53-38-12-8-4)28-22-26-42-35-31-40(32-36-42)24-20-18-16-14-10-6-2/h27-36,56H,5-26,37-38H2,1-4H3,(H,47,49)(H,48,50)/b43-27+,44-28+. The van der Waals surface area contributed by atoms with Crippen LogP contribution in [-0.2, 0) is 48.8 Å². The molecule has 0 heterocycles. The van der Waals surface area contributed by atoms with E-state index >= 15 is 0 Å². The molecule has 0 atom stereocenters. The second kappa shape index (κ2) is 32.4. The smallest absolute Gasteiger partial charge is 0.421 e. The highest BCUT2D eigenvalue weighted by molar-refractivity contribution is 7.33. The molecule has 0 aliphatic rings. The molecule has 2 amide bonds. The molecule has 56 heavy (non-hydrogen) atoms. The van der Waals surface area contributed by atoms with Gasteiger partial charge in [0.05, 0.1) is 13.2 Å². The highest BCUT2D eigenvalue weighted by atomic mass is 31.1. The second-order valence-corrected chi connectivity index (χ2v) is 15.5. The van der Waals surface area contributed by atoms with Crippen LogP contribution in [0.2, 0.25) is 0 Å². The van der Waals surface area contributed by atoms with Crippen LogP contribution in [0.3, 0.4) is 0 Å². The van der Waals surface area contributed by atoms with Crippen molar-refractivity contribution >= 4 is 20.4 Å². The van der Waals surface area contributed by atoms with Crippen LogP contribution in [0.25, 0.3) is 0 Å². The van der Waals surface area contributed by atoms with Gasteiger partial charge in [-0.05, 0) is 98.6 Å². The summed E-state index contributed by atoms with van der Waals surface area (Å²) < 4.78 is 35.1. The maximum absolute atomic E-state index is 13.3. The Balaban J connectivity index is 2.03. The number of allylic oxidation sites excluding steroid dienone is 2. The van der Waals surface area contributed by atoms with E-state index in [1.54, 1.807) is 12.2 Å². The fourth-order valence-electron chi connectivity index (χ4n) is 6.03. The zero-order valence-electron chi connectivity index (χ0n) is 35.1. The van der Waals surface area contributed by atoms with Gasteiger partial charge in [0.15, 0.2) is 0 Å². The number of hydrogen-bond acceptors (Lipinski definition) is 7. The molecule has 0 aromatic heterocycles. The number of hydrogen-bond donors (Lipinski definition) is 2. The average molecular weight is 797 g/mol. The summed E-state index contributed by atoms with van der Waals surface area (Å²) >= 11 is 0. The zero-order chi connectivity index (χ0) is 40.5. The van der Waals surface area contributed by atoms with Gasteiger partial charge in [0.25, 0.3) is 0 Å². The lowest BCUT2D eigenvalue weighted by Crippen LogP contribution is -2.26. The molecule has 0 bridgehead atoms. The minimum atomic E-state index is -3.29. The topological polar surface area (TPSA) is 112 Å². The van der Waals surface area contributed by atoms with E-state index in [0.717, 1.165) is 49.7 Å². The van der Waals surface area contributed by atoms with Crippen LogP contribution >= 0.6 is 8.25 Å². The van der Waals surface area contributed by atoms with Crippen molar-refractivity contribution in [3.8, 4) is 0 Å². The Bertz CT molecular complexity index is 1300. The molecule has 2 aromatic rings. The number of alkyl carbamates (subject to hydrolysis) is 2. The van der Waals surface area contributed by atoms with Crippen molar-refractivity contribution in [1.29, 1.82) is 0 Å². The van der Waals surface area contributed by atoms with E-state index in [2.05, 4.69) is 73.0 Å². The summed E-state index contributed by atoms with van der Waals surface area (Å²) in [4.78, 5) is 25.1. The number of amides is 2. The molecule has 0 unspecified atom stereocenters. The maximum Gasteiger partial charge on any atom is 0.421 e. The Kier molecular flexibility index (Phi) is 28.0. The molecule has 0 saturated carbocycles. The lowest BCUT2D eigenvalue weighted by Gasteiger charge is -2.15. The molecule has 0 fully saturated rings. The third-order valence-corrected chi connectivity index (χ3v) is 10.3. The Morgan fingerprint density at radius 1 is 0.482 bits per heavy atom. The van der Waals surface area contributed by atoms with Crippen LogP contribution in [0.5, 0.6) is 0 Å². The first-order valence-corrected chi connectivity index (χ1v) is 22.9. The molecule has 0 aliphatic carbocycles. The Labute approximate surface area is 339 Å². The third kappa shape index (κ3) is 24.7. The predicted molar refractivity (Wildman–Crippen MR) is 230 cm³/mol. The van der Waals surface area contributed by atoms with Gasteiger partial charge < -0.3 is 18.5 Å². The van der Waals surface area contributed by atoms with E-state index in [0.29, 0.717) is 25.7 Å². The first kappa shape index (κ1) is 48.4. The van der Waals surface area contributed by atoms with Crippen LogP contribution in [0, 0.1) is 0 Å². The summed E-state index contributed by atoms with van der Waals surface area (Å²) in [5.74, 6) is -0.0537. The van der Waals surface area contributed by atoms with Crippen molar-refractivity contribution in [2.45, 2.75) is 169 Å². The summed E-state index contributed by atoms with van der Waals surface area (Å²) in [5.41, 5.74) is 4.95. The van der Waals surface area contributed by atoms with Gasteiger partial charge in [-0.15, -0.1) is 0 Å². The number of aryl methyl sites for hydroxylation is 4. The van der Waals surface area contributed by atoms with E-state index in [1.807, 2.05) is 13.8 Å². The molecule has 0 spiro atoms. The van der Waals surface area contributed by atoms with Crippen molar-refractivity contribution in [3.05, 3.63) is 94.7 Å². The van der Waals surface area contributed by atoms with Crippen molar-refractivity contribution in [3.63, 3.8) is 0 Å². The molecular weight excluding hydrogens is 723 g/mol. The Morgan fingerprint density at radius 3 is 1.16 bits per heavy atom. The summed E-state index contributed by atoms with van der Waals surface area (Å²) in [5, 5.41) is 5.15. The maximum atomic E-state index is 13.3. The quantitative estimate of drug-likeness (QED) is 0.0431. The van der Waals surface area contributed by atoms with Gasteiger partial charge in [-0.2, -0.15) is 0 Å². The highest BCUT2D eigenvalue weighted by Crippen LogP contribution is 2.30. The number of ether oxygens (including phenoxy) is 2. The fourth-order valence-corrected chi connectivity index (χ4v) is 6.70. The first-order valence-electron chi connectivity index (χ1n) is 21.7. The SMILES string of the molecule is CCCCCCCCc1ccc(CC/C=C(\NC(=O)OCCCC)O[PH](=O)O/C(=C/CCc2ccc(CCCCCCCC)cc2)NC(=O)OCCCC)cc1. The van der Waals surface area contributed by atoms with Crippen LogP contribution in [0.4, 0.5) is 9.59 Å². The zero-order valence-corrected chi connectivity index (χ0v) is 36.1. The third-order valence-electron chi connectivity index (χ3n) is 9.51. The largest absolute Gasteiger partial charge is 0.449 e. The number of carbonyl (C=O) groups excluding carboxylic acids is 2. The van der Waals surface area contributed by atoms with Gasteiger partial charge in [-0.1, -0.05) is 153 Å². The highest BCUT2D eigenvalue weighted by Gasteiger charge is 2.15. The summed E-state index contributed by atoms with van der Waals surface area (Å²) in [7, 11) is -3.29. The van der Waals surface area contributed by atoms with Crippen molar-refractivity contribution in [2.75, 3.05) is 13.2 Å². The van der Waals surface area contributed by atoms with Crippen LogP contribution in [0.15, 0.2) is 72.4 Å². The summed E-state index contributed by atoms with van der Waals surface area (Å²) in [6, 6.07) is 17.2. The molecule has 2 N–H and O–H groups in total. The molecular formula is C46H73N2O7P. The number of rotatable bonds is 32. The minimum Gasteiger partial charge on any atom is -0.449 e. The van der Waals surface area contributed by atoms with Gasteiger partial charge in [0, 0.05) is 0 Å². The monoisotopic (exact) mass is 797 g/mol. The van der Waals surface area contributed by atoms with Gasteiger partial charge in [-0.25, -0.2) is 14.2 Å². The molecule has 0 radical (unpaired) electrons. The lowest BCUT2D eigenvalue weighted by molar-refractivity contribution is 0.141. The molecule has 0 saturated heterocycles. The van der Waals surface area contributed by atoms with Crippen LogP contribution in [0.1, 0.15) is 166 Å². The summed E-state index contributed by atoms with van der Waals surface area (Å²) in [6.45, 7) is 9.00. The first-order chi connectivity index (χ1) is 27.4.